The highest BCUT2D eigenvalue weighted by molar-refractivity contribution is 5.68. The lowest BCUT2D eigenvalue weighted by molar-refractivity contribution is -0.389. The number of rotatable bonds is 3. The topological polar surface area (TPSA) is 97.6 Å². The molecule has 126 valence electrons. The summed E-state index contributed by atoms with van der Waals surface area (Å²) in [6.45, 7) is 6.91. The van der Waals surface area contributed by atoms with Crippen molar-refractivity contribution in [2.45, 2.75) is 45.3 Å². The first-order valence-corrected chi connectivity index (χ1v) is 7.59. The molecule has 2 heterocycles. The SMILES string of the molecule is CC(C)(C)OC(=O)NC1CCCN(c2ccc([N+](=O)[O-])nc2)C1. The molecule has 1 aliphatic heterocycles. The number of carbonyl (C=O) groups excluding carboxylic acids is 1. The van der Waals surface area contributed by atoms with Crippen LogP contribution in [0, 0.1) is 10.1 Å². The van der Waals surface area contributed by atoms with Crippen LogP contribution in [-0.2, 0) is 4.74 Å². The molecule has 1 aromatic heterocycles. The molecule has 23 heavy (non-hydrogen) atoms. The fourth-order valence-corrected chi connectivity index (χ4v) is 2.48. The number of hydrogen-bond donors (Lipinski definition) is 1. The number of anilines is 1. The van der Waals surface area contributed by atoms with Gasteiger partial charge >= 0.3 is 11.9 Å². The quantitative estimate of drug-likeness (QED) is 0.678. The third kappa shape index (κ3) is 5.08. The van der Waals surface area contributed by atoms with Crippen LogP contribution in [0.1, 0.15) is 33.6 Å². The van der Waals surface area contributed by atoms with Gasteiger partial charge in [0.15, 0.2) is 6.20 Å². The Balaban J connectivity index is 1.95. The lowest BCUT2D eigenvalue weighted by atomic mass is 10.1. The second kappa shape index (κ2) is 6.80. The molecule has 0 radical (unpaired) electrons. The Hall–Kier alpha value is -2.38. The van der Waals surface area contributed by atoms with E-state index in [-0.39, 0.29) is 11.9 Å². The van der Waals surface area contributed by atoms with E-state index in [2.05, 4.69) is 15.2 Å². The third-order valence-corrected chi connectivity index (χ3v) is 3.43. The second-order valence-electron chi connectivity index (χ2n) is 6.56. The summed E-state index contributed by atoms with van der Waals surface area (Å²) >= 11 is 0. The van der Waals surface area contributed by atoms with Gasteiger partial charge in [0, 0.05) is 25.2 Å². The average molecular weight is 322 g/mol. The number of nitrogens with one attached hydrogen (secondary N) is 1. The maximum Gasteiger partial charge on any atom is 0.407 e. The number of piperidine rings is 1. The molecular weight excluding hydrogens is 300 g/mol. The van der Waals surface area contributed by atoms with E-state index in [1.807, 2.05) is 20.8 Å². The van der Waals surface area contributed by atoms with Gasteiger partial charge in [0.05, 0.1) is 5.69 Å². The van der Waals surface area contributed by atoms with Gasteiger partial charge in [-0.15, -0.1) is 0 Å². The van der Waals surface area contributed by atoms with Gasteiger partial charge in [-0.2, -0.15) is 0 Å². The minimum atomic E-state index is -0.527. The van der Waals surface area contributed by atoms with Crippen molar-refractivity contribution in [1.29, 1.82) is 0 Å². The monoisotopic (exact) mass is 322 g/mol. The second-order valence-corrected chi connectivity index (χ2v) is 6.56. The Morgan fingerprint density at radius 1 is 1.48 bits per heavy atom. The normalized spacial score (nSPS) is 18.4. The number of ether oxygens (including phenoxy) is 1. The van der Waals surface area contributed by atoms with Crippen molar-refractivity contribution in [2.75, 3.05) is 18.0 Å². The maximum atomic E-state index is 11.9. The number of nitrogens with zero attached hydrogens (tertiary/aromatic N) is 3. The van der Waals surface area contributed by atoms with Crippen molar-refractivity contribution in [2.24, 2.45) is 0 Å². The van der Waals surface area contributed by atoms with Crippen molar-refractivity contribution in [3.8, 4) is 0 Å². The molecular formula is C15H22N4O4. The van der Waals surface area contributed by atoms with E-state index < -0.39 is 16.6 Å². The summed E-state index contributed by atoms with van der Waals surface area (Å²) in [6, 6.07) is 3.05. The van der Waals surface area contributed by atoms with E-state index in [1.54, 1.807) is 6.07 Å². The van der Waals surface area contributed by atoms with Gasteiger partial charge in [0.25, 0.3) is 0 Å². The van der Waals surface area contributed by atoms with Crippen LogP contribution in [0.5, 0.6) is 0 Å². The molecule has 1 atom stereocenters. The van der Waals surface area contributed by atoms with Crippen LogP contribution in [0.3, 0.4) is 0 Å². The molecule has 1 saturated heterocycles. The fourth-order valence-electron chi connectivity index (χ4n) is 2.48. The molecule has 1 aromatic rings. The van der Waals surface area contributed by atoms with Crippen molar-refractivity contribution in [1.82, 2.24) is 10.3 Å². The van der Waals surface area contributed by atoms with Crippen LogP contribution in [0.25, 0.3) is 0 Å². The first-order valence-electron chi connectivity index (χ1n) is 7.59. The molecule has 1 aliphatic rings. The van der Waals surface area contributed by atoms with Gasteiger partial charge in [-0.25, -0.2) is 4.79 Å². The molecule has 1 unspecified atom stereocenters. The van der Waals surface area contributed by atoms with Crippen LogP contribution >= 0.6 is 0 Å². The van der Waals surface area contributed by atoms with E-state index in [0.29, 0.717) is 6.54 Å². The molecule has 0 spiro atoms. The summed E-state index contributed by atoms with van der Waals surface area (Å²) in [5, 5.41) is 13.5. The third-order valence-electron chi connectivity index (χ3n) is 3.43. The predicted molar refractivity (Wildman–Crippen MR) is 85.5 cm³/mol. The van der Waals surface area contributed by atoms with E-state index in [9.17, 15) is 14.9 Å². The first-order chi connectivity index (χ1) is 10.7. The van der Waals surface area contributed by atoms with Crippen LogP contribution in [0.15, 0.2) is 18.3 Å². The Bertz CT molecular complexity index is 568. The number of alkyl carbamates (subject to hydrolysis) is 1. The first kappa shape index (κ1) is 17.0. The zero-order valence-electron chi connectivity index (χ0n) is 13.6. The summed E-state index contributed by atoms with van der Waals surface area (Å²) in [4.78, 5) is 27.9. The number of aromatic nitrogens is 1. The summed E-state index contributed by atoms with van der Waals surface area (Å²) in [5.74, 6) is -0.172. The van der Waals surface area contributed by atoms with Gasteiger partial charge in [-0.3, -0.25) is 0 Å². The molecule has 0 bridgehead atoms. The highest BCUT2D eigenvalue weighted by atomic mass is 16.6. The van der Waals surface area contributed by atoms with Gasteiger partial charge in [-0.05, 0) is 49.6 Å². The molecule has 0 saturated carbocycles. The highest BCUT2D eigenvalue weighted by Gasteiger charge is 2.25. The summed E-state index contributed by atoms with van der Waals surface area (Å²) in [7, 11) is 0. The number of carbonyl (C=O) groups is 1. The van der Waals surface area contributed by atoms with Crippen molar-refractivity contribution in [3.63, 3.8) is 0 Å². The van der Waals surface area contributed by atoms with Crippen LogP contribution < -0.4 is 10.2 Å². The molecule has 1 fully saturated rings. The predicted octanol–water partition coefficient (Wildman–Crippen LogP) is 2.48. The van der Waals surface area contributed by atoms with Gasteiger partial charge in [-0.1, -0.05) is 0 Å². The van der Waals surface area contributed by atoms with Crippen molar-refractivity contribution >= 4 is 17.6 Å². The lowest BCUT2D eigenvalue weighted by Gasteiger charge is -2.34. The van der Waals surface area contributed by atoms with E-state index in [1.165, 1.54) is 12.3 Å². The molecule has 2 rings (SSSR count). The molecule has 0 aromatic carbocycles. The molecule has 1 amide bonds. The fraction of sp³-hybridized carbons (Fsp3) is 0.600. The Labute approximate surface area is 135 Å². The molecule has 0 aliphatic carbocycles. The number of nitro groups is 1. The minimum absolute atomic E-state index is 0.0196. The molecule has 8 heteroatoms. The van der Waals surface area contributed by atoms with Crippen LogP contribution in [-0.4, -0.2) is 40.7 Å². The van der Waals surface area contributed by atoms with Gasteiger partial charge in [0.2, 0.25) is 0 Å². The minimum Gasteiger partial charge on any atom is -0.444 e. The van der Waals surface area contributed by atoms with Crippen LogP contribution in [0.4, 0.5) is 16.3 Å². The van der Waals surface area contributed by atoms with Gasteiger partial charge < -0.3 is 25.1 Å². The standard InChI is InChI=1S/C15H22N4O4/c1-15(2,3)23-14(20)17-11-5-4-8-18(10-11)12-6-7-13(16-9-12)19(21)22/h6-7,9,11H,4-5,8,10H2,1-3H3,(H,17,20). The van der Waals surface area contributed by atoms with E-state index in [0.717, 1.165) is 25.1 Å². The summed E-state index contributed by atoms with van der Waals surface area (Å²) < 4.78 is 5.27. The maximum absolute atomic E-state index is 11.9. The van der Waals surface area contributed by atoms with Crippen LogP contribution in [0.2, 0.25) is 0 Å². The average Bonchev–Trinajstić information content (AvgIpc) is 2.45. The van der Waals surface area contributed by atoms with E-state index in [4.69, 9.17) is 4.74 Å². The smallest absolute Gasteiger partial charge is 0.407 e. The van der Waals surface area contributed by atoms with Gasteiger partial charge in [0.1, 0.15) is 5.60 Å². The summed E-state index contributed by atoms with van der Waals surface area (Å²) in [6.07, 6.45) is 2.85. The largest absolute Gasteiger partial charge is 0.444 e. The van der Waals surface area contributed by atoms with Crippen molar-refractivity contribution < 1.29 is 14.5 Å². The zero-order valence-corrected chi connectivity index (χ0v) is 13.6. The Morgan fingerprint density at radius 3 is 2.78 bits per heavy atom. The number of hydrogen-bond acceptors (Lipinski definition) is 6. The lowest BCUT2D eigenvalue weighted by Crippen LogP contribution is -2.49. The molecule has 8 nitrogen and oxygen atoms in total. The van der Waals surface area contributed by atoms with E-state index >= 15 is 0 Å². The highest BCUT2D eigenvalue weighted by Crippen LogP contribution is 2.21. The number of pyridine rings is 1. The molecule has 1 N–H and O–H groups in total. The Kier molecular flexibility index (Phi) is 5.02. The van der Waals surface area contributed by atoms with Crippen molar-refractivity contribution in [3.05, 3.63) is 28.4 Å². The number of amides is 1. The summed E-state index contributed by atoms with van der Waals surface area (Å²) in [5.41, 5.74) is 0.284. The zero-order chi connectivity index (χ0) is 17.0. The Morgan fingerprint density at radius 2 is 2.22 bits per heavy atom.